The number of carbonyl (C=O) groups is 1. The van der Waals surface area contributed by atoms with Crippen LogP contribution in [0.25, 0.3) is 0 Å². The number of halogens is 1. The second kappa shape index (κ2) is 5.44. The molecule has 0 radical (unpaired) electrons. The Morgan fingerprint density at radius 1 is 1.56 bits per heavy atom. The molecule has 98 valence electrons. The molecule has 0 saturated carbocycles. The van der Waals surface area contributed by atoms with Crippen LogP contribution in [-0.4, -0.2) is 45.8 Å². The summed E-state index contributed by atoms with van der Waals surface area (Å²) in [5, 5.41) is 12.4. The lowest BCUT2D eigenvalue weighted by Crippen LogP contribution is -2.28. The Labute approximate surface area is 111 Å². The number of amides is 1. The zero-order valence-corrected chi connectivity index (χ0v) is 11.0. The third-order valence-electron chi connectivity index (χ3n) is 3.16. The van der Waals surface area contributed by atoms with Crippen LogP contribution in [-0.2, 0) is 6.54 Å². The number of carbonyl (C=O) groups excluding carboxylic acids is 1. The molecule has 2 heterocycles. The largest absolute Gasteiger partial charge is 0.411 e. The van der Waals surface area contributed by atoms with Crippen molar-refractivity contribution in [1.82, 2.24) is 9.47 Å². The number of hydrogen-bond acceptors (Lipinski definition) is 3. The summed E-state index contributed by atoms with van der Waals surface area (Å²) >= 11 is 5.68. The van der Waals surface area contributed by atoms with Crippen LogP contribution in [0.3, 0.4) is 0 Å². The van der Waals surface area contributed by atoms with Gasteiger partial charge in [0.1, 0.15) is 5.69 Å². The number of aryl methyl sites for hydroxylation is 1. The normalized spacial score (nSPS) is 18.0. The van der Waals surface area contributed by atoms with E-state index < -0.39 is 0 Å². The van der Waals surface area contributed by atoms with E-state index >= 15 is 0 Å². The van der Waals surface area contributed by atoms with E-state index in [1.54, 1.807) is 11.9 Å². The van der Waals surface area contributed by atoms with Gasteiger partial charge in [0.15, 0.2) is 0 Å². The third kappa shape index (κ3) is 2.22. The number of hydrogen-bond donors (Lipinski definition) is 1. The molecule has 0 bridgehead atoms. The highest BCUT2D eigenvalue weighted by Gasteiger charge is 2.27. The van der Waals surface area contributed by atoms with E-state index in [-0.39, 0.29) is 5.91 Å². The molecule has 0 aromatic carbocycles. The molecule has 0 unspecified atom stereocenters. The van der Waals surface area contributed by atoms with E-state index in [4.69, 9.17) is 16.8 Å². The van der Waals surface area contributed by atoms with Crippen LogP contribution in [0.1, 0.15) is 28.9 Å². The molecule has 1 N–H and O–H groups in total. The SMILES string of the molecule is CN1CCC(=NO)c2ccn(CCCCl)c2C1=O. The van der Waals surface area contributed by atoms with Gasteiger partial charge in [0.25, 0.3) is 5.91 Å². The highest BCUT2D eigenvalue weighted by atomic mass is 35.5. The first-order valence-electron chi connectivity index (χ1n) is 5.91. The Hall–Kier alpha value is -1.49. The van der Waals surface area contributed by atoms with Crippen molar-refractivity contribution in [2.75, 3.05) is 19.5 Å². The summed E-state index contributed by atoms with van der Waals surface area (Å²) in [7, 11) is 1.76. The maximum Gasteiger partial charge on any atom is 0.270 e. The number of rotatable bonds is 3. The molecule has 1 aliphatic heterocycles. The van der Waals surface area contributed by atoms with Crippen LogP contribution in [0.4, 0.5) is 0 Å². The predicted molar refractivity (Wildman–Crippen MR) is 69.7 cm³/mol. The Kier molecular flexibility index (Phi) is 3.91. The Balaban J connectivity index is 2.45. The first-order chi connectivity index (χ1) is 8.69. The van der Waals surface area contributed by atoms with Gasteiger partial charge in [-0.25, -0.2) is 0 Å². The molecule has 1 aliphatic rings. The van der Waals surface area contributed by atoms with Crippen molar-refractivity contribution in [3.8, 4) is 0 Å². The Morgan fingerprint density at radius 2 is 2.33 bits per heavy atom. The summed E-state index contributed by atoms with van der Waals surface area (Å²) < 4.78 is 1.88. The summed E-state index contributed by atoms with van der Waals surface area (Å²) in [6, 6.07) is 1.83. The van der Waals surface area contributed by atoms with Crippen molar-refractivity contribution < 1.29 is 10.0 Å². The summed E-state index contributed by atoms with van der Waals surface area (Å²) in [5.41, 5.74) is 1.88. The van der Waals surface area contributed by atoms with E-state index in [1.165, 1.54) is 0 Å². The van der Waals surface area contributed by atoms with Gasteiger partial charge >= 0.3 is 0 Å². The van der Waals surface area contributed by atoms with Gasteiger partial charge in [-0.2, -0.15) is 0 Å². The lowest BCUT2D eigenvalue weighted by atomic mass is 10.1. The smallest absolute Gasteiger partial charge is 0.270 e. The summed E-state index contributed by atoms with van der Waals surface area (Å²) in [4.78, 5) is 13.9. The number of fused-ring (bicyclic) bond motifs is 1. The van der Waals surface area contributed by atoms with Crippen LogP contribution in [0.2, 0.25) is 0 Å². The molecule has 0 aliphatic carbocycles. The highest BCUT2D eigenvalue weighted by Crippen LogP contribution is 2.20. The minimum Gasteiger partial charge on any atom is -0.411 e. The number of nitrogens with zero attached hydrogens (tertiary/aromatic N) is 3. The monoisotopic (exact) mass is 269 g/mol. The van der Waals surface area contributed by atoms with E-state index in [2.05, 4.69) is 5.16 Å². The molecule has 6 heteroatoms. The molecule has 1 aromatic rings. The van der Waals surface area contributed by atoms with E-state index in [9.17, 15) is 4.79 Å². The van der Waals surface area contributed by atoms with E-state index in [0.717, 1.165) is 12.0 Å². The Morgan fingerprint density at radius 3 is 3.00 bits per heavy atom. The molecule has 1 aromatic heterocycles. The van der Waals surface area contributed by atoms with Crippen molar-refractivity contribution in [1.29, 1.82) is 0 Å². The van der Waals surface area contributed by atoms with Crippen LogP contribution in [0.15, 0.2) is 17.4 Å². The first kappa shape index (κ1) is 13.0. The molecule has 0 spiro atoms. The minimum absolute atomic E-state index is 0.0387. The zero-order valence-electron chi connectivity index (χ0n) is 10.3. The first-order valence-corrected chi connectivity index (χ1v) is 6.44. The molecule has 1 amide bonds. The Bertz CT molecular complexity index is 482. The van der Waals surface area contributed by atoms with Crippen molar-refractivity contribution in [2.24, 2.45) is 5.16 Å². The quantitative estimate of drug-likeness (QED) is 0.516. The van der Waals surface area contributed by atoms with Crippen molar-refractivity contribution >= 4 is 23.2 Å². The van der Waals surface area contributed by atoms with Gasteiger partial charge in [-0.1, -0.05) is 5.16 Å². The van der Waals surface area contributed by atoms with Crippen molar-refractivity contribution in [3.05, 3.63) is 23.5 Å². The molecular weight excluding hydrogens is 254 g/mol. The molecule has 0 saturated heterocycles. The average molecular weight is 270 g/mol. The van der Waals surface area contributed by atoms with Crippen LogP contribution < -0.4 is 0 Å². The van der Waals surface area contributed by atoms with Gasteiger partial charge in [0.05, 0.1) is 5.71 Å². The maximum absolute atomic E-state index is 12.3. The van der Waals surface area contributed by atoms with Gasteiger partial charge in [-0.15, -0.1) is 11.6 Å². The van der Waals surface area contributed by atoms with Gasteiger partial charge in [-0.05, 0) is 12.5 Å². The summed E-state index contributed by atoms with van der Waals surface area (Å²) in [5.74, 6) is 0.515. The van der Waals surface area contributed by atoms with Crippen molar-refractivity contribution in [2.45, 2.75) is 19.4 Å². The molecule has 0 fully saturated rings. The zero-order chi connectivity index (χ0) is 13.1. The van der Waals surface area contributed by atoms with Crippen LogP contribution in [0.5, 0.6) is 0 Å². The fraction of sp³-hybridized carbons (Fsp3) is 0.500. The fourth-order valence-electron chi connectivity index (χ4n) is 2.15. The van der Waals surface area contributed by atoms with E-state index in [0.29, 0.717) is 36.8 Å². The number of oxime groups is 1. The van der Waals surface area contributed by atoms with Gasteiger partial charge < -0.3 is 14.7 Å². The minimum atomic E-state index is -0.0387. The summed E-state index contributed by atoms with van der Waals surface area (Å²) in [6.45, 7) is 1.25. The fourth-order valence-corrected chi connectivity index (χ4v) is 2.27. The number of aromatic nitrogens is 1. The molecule has 2 rings (SSSR count). The van der Waals surface area contributed by atoms with Gasteiger partial charge in [-0.3, -0.25) is 4.79 Å². The third-order valence-corrected chi connectivity index (χ3v) is 3.43. The standard InChI is InChI=1S/C12H16ClN3O2/c1-15-7-4-10(14-18)9-3-8-16(6-2-5-13)11(9)12(15)17/h3,8,18H,2,4-7H2,1H3. The van der Waals surface area contributed by atoms with Gasteiger partial charge in [0.2, 0.25) is 0 Å². The number of alkyl halides is 1. The molecule has 18 heavy (non-hydrogen) atoms. The lowest BCUT2D eigenvalue weighted by molar-refractivity contribution is 0.0791. The summed E-state index contributed by atoms with van der Waals surface area (Å²) in [6.07, 6.45) is 3.20. The van der Waals surface area contributed by atoms with Crippen LogP contribution >= 0.6 is 11.6 Å². The molecular formula is C12H16ClN3O2. The van der Waals surface area contributed by atoms with E-state index in [1.807, 2.05) is 16.8 Å². The average Bonchev–Trinajstić information content (AvgIpc) is 2.74. The topological polar surface area (TPSA) is 57.8 Å². The molecule has 5 nitrogen and oxygen atoms in total. The van der Waals surface area contributed by atoms with Gasteiger partial charge in [0, 0.05) is 44.2 Å². The second-order valence-electron chi connectivity index (χ2n) is 4.34. The maximum atomic E-state index is 12.3. The predicted octanol–water partition coefficient (Wildman–Crippen LogP) is 1.77. The lowest BCUT2D eigenvalue weighted by Gasteiger charge is -2.15. The van der Waals surface area contributed by atoms with Crippen molar-refractivity contribution in [3.63, 3.8) is 0 Å². The highest BCUT2D eigenvalue weighted by molar-refractivity contribution is 6.17. The second-order valence-corrected chi connectivity index (χ2v) is 4.72. The molecule has 0 atom stereocenters. The van der Waals surface area contributed by atoms with Crippen LogP contribution in [0, 0.1) is 0 Å².